The minimum Gasteiger partial charge on any atom is -0.438 e. The van der Waals surface area contributed by atoms with Crippen molar-refractivity contribution in [2.24, 2.45) is 0 Å². The Bertz CT molecular complexity index is 550. The van der Waals surface area contributed by atoms with E-state index < -0.39 is 22.0 Å². The highest BCUT2D eigenvalue weighted by molar-refractivity contribution is 7.89. The Labute approximate surface area is 104 Å². The first-order valence-electron chi connectivity index (χ1n) is 5.45. The van der Waals surface area contributed by atoms with E-state index in [1.54, 1.807) is 0 Å². The summed E-state index contributed by atoms with van der Waals surface area (Å²) < 4.78 is 30.0. The maximum Gasteiger partial charge on any atom is 0.289 e. The van der Waals surface area contributed by atoms with E-state index in [4.69, 9.17) is 4.42 Å². The number of aliphatic hydroxyl groups is 1. The fraction of sp³-hybridized carbons (Fsp3) is 0.500. The van der Waals surface area contributed by atoms with Gasteiger partial charge in [0, 0.05) is 13.1 Å². The summed E-state index contributed by atoms with van der Waals surface area (Å²) in [6, 6.07) is 2.54. The maximum absolute atomic E-state index is 11.9. The Balaban J connectivity index is 2.18. The first-order valence-corrected chi connectivity index (χ1v) is 6.93. The van der Waals surface area contributed by atoms with Crippen LogP contribution in [0.2, 0.25) is 0 Å². The molecule has 1 fully saturated rings. The molecule has 1 aliphatic heterocycles. The van der Waals surface area contributed by atoms with Gasteiger partial charge < -0.3 is 14.4 Å². The van der Waals surface area contributed by atoms with Crippen molar-refractivity contribution in [1.29, 1.82) is 0 Å². The van der Waals surface area contributed by atoms with Crippen molar-refractivity contribution < 1.29 is 22.7 Å². The molecule has 0 aromatic carbocycles. The molecule has 1 saturated heterocycles. The van der Waals surface area contributed by atoms with Crippen LogP contribution in [-0.4, -0.2) is 50.6 Å². The molecular formula is C10H14N2O5S. The van der Waals surface area contributed by atoms with Gasteiger partial charge in [0.25, 0.3) is 15.9 Å². The highest BCUT2D eigenvalue weighted by Gasteiger charge is 2.28. The molecule has 1 amide bonds. The number of hydrogen-bond donors (Lipinski definition) is 2. The Morgan fingerprint density at radius 2 is 2.28 bits per heavy atom. The normalized spacial score (nSPS) is 20.3. The molecule has 0 aliphatic carbocycles. The molecule has 2 N–H and O–H groups in total. The van der Waals surface area contributed by atoms with Gasteiger partial charge in [-0.15, -0.1) is 0 Å². The van der Waals surface area contributed by atoms with E-state index >= 15 is 0 Å². The Kier molecular flexibility index (Phi) is 3.42. The van der Waals surface area contributed by atoms with Crippen LogP contribution in [-0.2, 0) is 10.0 Å². The van der Waals surface area contributed by atoms with Crippen molar-refractivity contribution in [3.63, 3.8) is 0 Å². The molecule has 1 atom stereocenters. The van der Waals surface area contributed by atoms with Crippen molar-refractivity contribution >= 4 is 15.9 Å². The first kappa shape index (κ1) is 13.1. The van der Waals surface area contributed by atoms with Crippen molar-refractivity contribution in [3.05, 3.63) is 17.9 Å². The van der Waals surface area contributed by atoms with Crippen molar-refractivity contribution in [3.8, 4) is 0 Å². The summed E-state index contributed by atoms with van der Waals surface area (Å²) in [5.41, 5.74) is 0. The third kappa shape index (κ3) is 2.40. The average Bonchev–Trinajstić information content (AvgIpc) is 2.96. The summed E-state index contributed by atoms with van der Waals surface area (Å²) in [5.74, 6) is -0.456. The third-order valence-corrected chi connectivity index (χ3v) is 4.06. The molecule has 100 valence electrons. The quantitative estimate of drug-likeness (QED) is 0.766. The van der Waals surface area contributed by atoms with Gasteiger partial charge in [0.15, 0.2) is 5.76 Å². The maximum atomic E-state index is 11.9. The molecule has 0 radical (unpaired) electrons. The van der Waals surface area contributed by atoms with Gasteiger partial charge in [-0.1, -0.05) is 0 Å². The highest BCUT2D eigenvalue weighted by atomic mass is 32.2. The number of furan rings is 1. The van der Waals surface area contributed by atoms with E-state index in [2.05, 4.69) is 4.72 Å². The number of carbonyl (C=O) groups excluding carboxylic acids is 1. The van der Waals surface area contributed by atoms with Gasteiger partial charge >= 0.3 is 0 Å². The molecule has 0 bridgehead atoms. The number of nitrogens with zero attached hydrogens (tertiary/aromatic N) is 1. The Hall–Kier alpha value is -1.38. The molecule has 2 rings (SSSR count). The number of rotatable bonds is 3. The first-order chi connectivity index (χ1) is 8.44. The Morgan fingerprint density at radius 3 is 2.83 bits per heavy atom. The zero-order valence-corrected chi connectivity index (χ0v) is 10.6. The fourth-order valence-electron chi connectivity index (χ4n) is 1.76. The van der Waals surface area contributed by atoms with Crippen LogP contribution >= 0.6 is 0 Å². The monoisotopic (exact) mass is 274 g/mol. The van der Waals surface area contributed by atoms with Crippen LogP contribution in [0.4, 0.5) is 0 Å². The van der Waals surface area contributed by atoms with Crippen molar-refractivity contribution in [2.75, 3.05) is 20.1 Å². The predicted molar refractivity (Wildman–Crippen MR) is 61.5 cm³/mol. The second-order valence-corrected chi connectivity index (χ2v) is 5.84. The number of carbonyl (C=O) groups is 1. The standard InChI is InChI=1S/C10H14N2O5S/c1-11-18(15,16)9-3-2-8(17-9)10(14)12-5-4-7(13)6-12/h2-3,7,11,13H,4-6H2,1H3. The van der Waals surface area contributed by atoms with Crippen LogP contribution in [0.3, 0.4) is 0 Å². The van der Waals surface area contributed by atoms with Gasteiger partial charge in [-0.3, -0.25) is 4.79 Å². The van der Waals surface area contributed by atoms with Gasteiger partial charge in [0.2, 0.25) is 5.09 Å². The van der Waals surface area contributed by atoms with Gasteiger partial charge in [-0.2, -0.15) is 0 Å². The molecule has 1 aromatic heterocycles. The van der Waals surface area contributed by atoms with Gasteiger partial charge in [0.1, 0.15) is 0 Å². The van der Waals surface area contributed by atoms with Crippen LogP contribution in [0, 0.1) is 0 Å². The molecule has 8 heteroatoms. The topological polar surface area (TPSA) is 99.9 Å². The predicted octanol–water partition coefficient (Wildman–Crippen LogP) is -0.606. The second-order valence-electron chi connectivity index (χ2n) is 4.02. The number of nitrogens with one attached hydrogen (secondary N) is 1. The van der Waals surface area contributed by atoms with E-state index in [-0.39, 0.29) is 17.4 Å². The largest absolute Gasteiger partial charge is 0.438 e. The number of likely N-dealkylation sites (tertiary alicyclic amines) is 1. The van der Waals surface area contributed by atoms with Gasteiger partial charge in [-0.25, -0.2) is 13.1 Å². The molecular weight excluding hydrogens is 260 g/mol. The summed E-state index contributed by atoms with van der Waals surface area (Å²) in [6.45, 7) is 0.683. The van der Waals surface area contributed by atoms with Crippen LogP contribution in [0.15, 0.2) is 21.6 Å². The summed E-state index contributed by atoms with van der Waals surface area (Å²) in [6.07, 6.45) is -0.00174. The highest BCUT2D eigenvalue weighted by Crippen LogP contribution is 2.18. The van der Waals surface area contributed by atoms with Gasteiger partial charge in [0.05, 0.1) is 6.10 Å². The molecule has 18 heavy (non-hydrogen) atoms. The smallest absolute Gasteiger partial charge is 0.289 e. The molecule has 0 spiro atoms. The number of aliphatic hydroxyl groups excluding tert-OH is 1. The van der Waals surface area contributed by atoms with E-state index in [1.807, 2.05) is 0 Å². The molecule has 1 unspecified atom stereocenters. The lowest BCUT2D eigenvalue weighted by Crippen LogP contribution is -2.29. The number of hydrogen-bond acceptors (Lipinski definition) is 5. The fourth-order valence-corrected chi connectivity index (χ4v) is 2.41. The summed E-state index contributed by atoms with van der Waals surface area (Å²) in [5, 5.41) is 9.04. The number of β-amino-alcohol motifs (C(OH)–C–C–N with tert-alkyl or cyclic N) is 1. The van der Waals surface area contributed by atoms with E-state index in [0.717, 1.165) is 0 Å². The molecule has 2 heterocycles. The van der Waals surface area contributed by atoms with E-state index in [9.17, 15) is 18.3 Å². The summed E-state index contributed by atoms with van der Waals surface area (Å²) in [4.78, 5) is 13.4. The molecule has 1 aromatic rings. The minimum atomic E-state index is -3.68. The van der Waals surface area contributed by atoms with E-state index in [1.165, 1.54) is 24.1 Å². The lowest BCUT2D eigenvalue weighted by Gasteiger charge is -2.13. The van der Waals surface area contributed by atoms with Crippen LogP contribution in [0.1, 0.15) is 17.0 Å². The van der Waals surface area contributed by atoms with Crippen molar-refractivity contribution in [1.82, 2.24) is 9.62 Å². The third-order valence-electron chi connectivity index (χ3n) is 2.78. The van der Waals surface area contributed by atoms with Crippen molar-refractivity contribution in [2.45, 2.75) is 17.6 Å². The van der Waals surface area contributed by atoms with Crippen LogP contribution in [0.5, 0.6) is 0 Å². The second kappa shape index (κ2) is 4.71. The van der Waals surface area contributed by atoms with Crippen LogP contribution < -0.4 is 4.72 Å². The number of amides is 1. The molecule has 0 saturated carbocycles. The minimum absolute atomic E-state index is 0.0436. The van der Waals surface area contributed by atoms with Gasteiger partial charge in [-0.05, 0) is 25.6 Å². The zero-order chi connectivity index (χ0) is 13.3. The average molecular weight is 274 g/mol. The Morgan fingerprint density at radius 1 is 1.56 bits per heavy atom. The SMILES string of the molecule is CNS(=O)(=O)c1ccc(C(=O)N2CCC(O)C2)o1. The van der Waals surface area contributed by atoms with Crippen LogP contribution in [0.25, 0.3) is 0 Å². The lowest BCUT2D eigenvalue weighted by atomic mass is 10.3. The molecule has 7 nitrogen and oxygen atoms in total. The van der Waals surface area contributed by atoms with E-state index in [0.29, 0.717) is 13.0 Å². The summed E-state index contributed by atoms with van der Waals surface area (Å²) in [7, 11) is -2.42. The summed E-state index contributed by atoms with van der Waals surface area (Å²) >= 11 is 0. The lowest BCUT2D eigenvalue weighted by molar-refractivity contribution is 0.0728. The number of sulfonamides is 1. The molecule has 1 aliphatic rings. The zero-order valence-electron chi connectivity index (χ0n) is 9.79.